The summed E-state index contributed by atoms with van der Waals surface area (Å²) in [5.41, 5.74) is -0.298. The molecule has 0 amide bonds. The SMILES string of the molecule is CC(C)CCn1c(=O)c(C2=NS(O)(O)c3cc(NS(=O)(=O)N4CC(O)C4)ccc3N2)c(O)c2cccnc21. The quantitative estimate of drug-likeness (QED) is 0.250. The molecule has 0 atom stereocenters. The maximum atomic E-state index is 13.6. The molecule has 0 unspecified atom stereocenters. The number of fused-ring (bicyclic) bond motifs is 2. The second kappa shape index (κ2) is 9.52. The second-order valence-electron chi connectivity index (χ2n) is 9.61. The summed E-state index contributed by atoms with van der Waals surface area (Å²) in [6, 6.07) is 7.28. The van der Waals surface area contributed by atoms with Gasteiger partial charge in [0.25, 0.3) is 5.56 Å². The molecule has 1 aromatic carbocycles. The third kappa shape index (κ3) is 4.72. The van der Waals surface area contributed by atoms with Crippen LogP contribution in [0.2, 0.25) is 0 Å². The fourth-order valence-corrected chi connectivity index (χ4v) is 6.73. The maximum absolute atomic E-state index is 13.6. The lowest BCUT2D eigenvalue weighted by molar-refractivity contribution is 0.0552. The van der Waals surface area contributed by atoms with E-state index in [0.717, 1.165) is 4.31 Å². The van der Waals surface area contributed by atoms with Gasteiger partial charge in [-0.15, -0.1) is 4.40 Å². The number of amidine groups is 1. The van der Waals surface area contributed by atoms with Crippen molar-refractivity contribution < 1.29 is 27.7 Å². The normalized spacial score (nSPS) is 18.4. The number of aryl methyl sites for hydroxylation is 1. The highest BCUT2D eigenvalue weighted by molar-refractivity contribution is 8.23. The number of aliphatic hydroxyl groups is 1. The Morgan fingerprint density at radius 2 is 1.97 bits per heavy atom. The number of aromatic nitrogens is 2. The molecule has 204 valence electrons. The van der Waals surface area contributed by atoms with E-state index in [9.17, 15) is 32.5 Å². The first kappa shape index (κ1) is 26.4. The van der Waals surface area contributed by atoms with Crippen molar-refractivity contribution in [3.05, 3.63) is 52.4 Å². The Hall–Kier alpha value is -3.21. The number of nitrogens with zero attached hydrogens (tertiary/aromatic N) is 4. The average Bonchev–Trinajstić information content (AvgIpc) is 2.82. The topological polar surface area (TPSA) is 190 Å². The third-order valence-corrected chi connectivity index (χ3v) is 9.16. The molecular weight excluding hydrogens is 536 g/mol. The van der Waals surface area contributed by atoms with Crippen LogP contribution in [0.25, 0.3) is 11.0 Å². The number of aliphatic hydroxyl groups excluding tert-OH is 1. The Bertz CT molecular complexity index is 1610. The zero-order chi connectivity index (χ0) is 27.4. The summed E-state index contributed by atoms with van der Waals surface area (Å²) in [4.78, 5) is 17.7. The van der Waals surface area contributed by atoms with E-state index < -0.39 is 38.4 Å². The summed E-state index contributed by atoms with van der Waals surface area (Å²) in [6.07, 6.45) is 1.46. The molecule has 1 saturated heterocycles. The molecule has 3 aromatic rings. The van der Waals surface area contributed by atoms with E-state index in [1.165, 1.54) is 29.0 Å². The standard InChI is InChI=1S/C23H28N6O7S2/c1-13(2)7-9-29-22-16(4-3-8-24-22)20(31)19(23(29)32)21-25-17-6-5-14(10-18(17)37(33,34)27-21)26-38(35,36)28-11-15(30)12-28/h3-6,8,10,13,15,26,30-31,33-34H,7,9,11-12H2,1-2H3,(H,25,27). The maximum Gasteiger partial charge on any atom is 0.301 e. The Morgan fingerprint density at radius 1 is 1.24 bits per heavy atom. The predicted octanol–water partition coefficient (Wildman–Crippen LogP) is 2.38. The van der Waals surface area contributed by atoms with Crippen LogP contribution >= 0.6 is 10.8 Å². The molecule has 0 aliphatic carbocycles. The molecule has 1 fully saturated rings. The van der Waals surface area contributed by atoms with Gasteiger partial charge in [0, 0.05) is 25.8 Å². The number of hydrogen-bond donors (Lipinski definition) is 6. The van der Waals surface area contributed by atoms with Gasteiger partial charge in [-0.3, -0.25) is 23.2 Å². The molecule has 15 heteroatoms. The van der Waals surface area contributed by atoms with Gasteiger partial charge in [-0.25, -0.2) is 4.98 Å². The molecule has 0 radical (unpaired) electrons. The van der Waals surface area contributed by atoms with Gasteiger partial charge in [0.2, 0.25) is 0 Å². The van der Waals surface area contributed by atoms with Gasteiger partial charge in [-0.2, -0.15) is 12.7 Å². The van der Waals surface area contributed by atoms with E-state index >= 15 is 0 Å². The van der Waals surface area contributed by atoms with E-state index in [-0.39, 0.29) is 40.8 Å². The van der Waals surface area contributed by atoms with E-state index in [1.54, 1.807) is 12.1 Å². The molecule has 6 N–H and O–H groups in total. The molecule has 2 aromatic heterocycles. The summed E-state index contributed by atoms with van der Waals surface area (Å²) < 4.78 is 55.6. The number of rotatable bonds is 7. The highest BCUT2D eigenvalue weighted by atomic mass is 32.3. The van der Waals surface area contributed by atoms with Crippen molar-refractivity contribution in [2.24, 2.45) is 10.3 Å². The first-order valence-electron chi connectivity index (χ1n) is 11.8. The van der Waals surface area contributed by atoms with E-state index in [0.29, 0.717) is 29.9 Å². The lowest BCUT2D eigenvalue weighted by Crippen LogP contribution is -2.55. The number of pyridine rings is 2. The fraction of sp³-hybridized carbons (Fsp3) is 0.348. The second-order valence-corrected chi connectivity index (χ2v) is 12.9. The molecule has 38 heavy (non-hydrogen) atoms. The van der Waals surface area contributed by atoms with Crippen molar-refractivity contribution in [1.82, 2.24) is 13.9 Å². The summed E-state index contributed by atoms with van der Waals surface area (Å²) in [5, 5.41) is 23.6. The van der Waals surface area contributed by atoms with Gasteiger partial charge in [-0.05, 0) is 42.7 Å². The minimum Gasteiger partial charge on any atom is -0.506 e. The van der Waals surface area contributed by atoms with Crippen molar-refractivity contribution in [2.75, 3.05) is 23.1 Å². The lowest BCUT2D eigenvalue weighted by atomic mass is 10.1. The van der Waals surface area contributed by atoms with Crippen LogP contribution in [0.1, 0.15) is 25.8 Å². The van der Waals surface area contributed by atoms with Crippen molar-refractivity contribution in [3.63, 3.8) is 0 Å². The minimum absolute atomic E-state index is 0.0376. The fourth-order valence-electron chi connectivity index (χ4n) is 4.25. The monoisotopic (exact) mass is 564 g/mol. The number of anilines is 2. The van der Waals surface area contributed by atoms with Gasteiger partial charge >= 0.3 is 10.2 Å². The lowest BCUT2D eigenvalue weighted by Gasteiger charge is -2.36. The van der Waals surface area contributed by atoms with Crippen LogP contribution < -0.4 is 15.6 Å². The number of β-amino-alcohol motifs (C(OH)–C–C–N with tert-alkyl or cyclic N) is 1. The number of aromatic hydroxyl groups is 1. The first-order chi connectivity index (χ1) is 17.9. The largest absolute Gasteiger partial charge is 0.506 e. The third-order valence-electron chi connectivity index (χ3n) is 6.32. The average molecular weight is 565 g/mol. The Morgan fingerprint density at radius 3 is 2.66 bits per heavy atom. The molecule has 2 aliphatic heterocycles. The molecule has 4 heterocycles. The molecule has 0 spiro atoms. The van der Waals surface area contributed by atoms with Crippen LogP contribution in [0.4, 0.5) is 11.4 Å². The summed E-state index contributed by atoms with van der Waals surface area (Å²) in [6.45, 7) is 4.29. The summed E-state index contributed by atoms with van der Waals surface area (Å²) in [5.74, 6) is -0.337. The highest BCUT2D eigenvalue weighted by Gasteiger charge is 2.35. The van der Waals surface area contributed by atoms with Gasteiger partial charge in [0.15, 0.2) is 5.84 Å². The van der Waals surface area contributed by atoms with Crippen molar-refractivity contribution in [3.8, 4) is 5.75 Å². The summed E-state index contributed by atoms with van der Waals surface area (Å²) in [7, 11) is -7.85. The van der Waals surface area contributed by atoms with E-state index in [2.05, 4.69) is 19.4 Å². The highest BCUT2D eigenvalue weighted by Crippen LogP contribution is 2.56. The van der Waals surface area contributed by atoms with Crippen LogP contribution in [-0.2, 0) is 16.8 Å². The van der Waals surface area contributed by atoms with Crippen LogP contribution in [0, 0.1) is 5.92 Å². The first-order valence-corrected chi connectivity index (χ1v) is 14.8. The predicted molar refractivity (Wildman–Crippen MR) is 145 cm³/mol. The van der Waals surface area contributed by atoms with Crippen LogP contribution in [0.15, 0.2) is 50.6 Å². The van der Waals surface area contributed by atoms with Crippen molar-refractivity contribution >= 4 is 49.2 Å². The minimum atomic E-state index is -3.95. The van der Waals surface area contributed by atoms with Gasteiger partial charge in [0.1, 0.15) is 21.9 Å². The van der Waals surface area contributed by atoms with Gasteiger partial charge in [0.05, 0.1) is 22.9 Å². The molecule has 5 rings (SSSR count). The molecule has 2 aliphatic rings. The van der Waals surface area contributed by atoms with Crippen molar-refractivity contribution in [1.29, 1.82) is 0 Å². The Labute approximate surface area is 220 Å². The van der Waals surface area contributed by atoms with Crippen molar-refractivity contribution in [2.45, 2.75) is 37.8 Å². The van der Waals surface area contributed by atoms with Crippen LogP contribution in [-0.4, -0.2) is 66.6 Å². The Balaban J connectivity index is 1.54. The zero-order valence-corrected chi connectivity index (χ0v) is 22.2. The zero-order valence-electron chi connectivity index (χ0n) is 20.6. The van der Waals surface area contributed by atoms with Gasteiger partial charge < -0.3 is 15.5 Å². The smallest absolute Gasteiger partial charge is 0.301 e. The van der Waals surface area contributed by atoms with Gasteiger partial charge in [-0.1, -0.05) is 24.6 Å². The van der Waals surface area contributed by atoms with Crippen LogP contribution in [0.5, 0.6) is 5.75 Å². The number of hydrogen-bond acceptors (Lipinski definition) is 10. The molecule has 0 saturated carbocycles. The molecular formula is C23H28N6O7S2. The van der Waals surface area contributed by atoms with E-state index in [1.807, 2.05) is 13.8 Å². The molecule has 13 nitrogen and oxygen atoms in total. The Kier molecular flexibility index (Phi) is 6.61. The number of nitrogens with one attached hydrogen (secondary N) is 2. The number of benzene rings is 1. The van der Waals surface area contributed by atoms with E-state index in [4.69, 9.17) is 0 Å². The molecule has 0 bridgehead atoms. The van der Waals surface area contributed by atoms with Crippen LogP contribution in [0.3, 0.4) is 0 Å². The summed E-state index contributed by atoms with van der Waals surface area (Å²) >= 11 is 0.